The first kappa shape index (κ1) is 14.0. The Morgan fingerprint density at radius 2 is 2.06 bits per heavy atom. The fraction of sp³-hybridized carbons (Fsp3) is 0.417. The summed E-state index contributed by atoms with van der Waals surface area (Å²) in [6, 6.07) is 4.12. The van der Waals surface area contributed by atoms with Crippen molar-refractivity contribution in [3.63, 3.8) is 0 Å². The van der Waals surface area contributed by atoms with Crippen LogP contribution < -0.4 is 0 Å². The Kier molecular flexibility index (Phi) is 6.00. The van der Waals surface area contributed by atoms with Crippen molar-refractivity contribution in [3.05, 3.63) is 29.6 Å². The monoisotopic (exact) mass is 258 g/mol. The lowest BCUT2D eigenvalue weighted by Gasteiger charge is -2.03. The molecule has 0 radical (unpaired) electrons. The van der Waals surface area contributed by atoms with Crippen LogP contribution in [-0.2, 0) is 0 Å². The molecule has 17 heavy (non-hydrogen) atoms. The number of rotatable bonds is 7. The molecule has 0 heterocycles. The minimum Gasteiger partial charge on any atom is -0.478 e. The lowest BCUT2D eigenvalue weighted by Crippen LogP contribution is -2.00. The Hall–Kier alpha value is -1.07. The van der Waals surface area contributed by atoms with E-state index < -0.39 is 11.8 Å². The summed E-state index contributed by atoms with van der Waals surface area (Å²) in [4.78, 5) is 11.5. The number of hydrogen-bond donors (Lipinski definition) is 2. The van der Waals surface area contributed by atoms with Gasteiger partial charge < -0.3 is 10.2 Å². The maximum atomic E-state index is 13.1. The van der Waals surface area contributed by atoms with Crippen molar-refractivity contribution in [2.45, 2.75) is 24.2 Å². The molecule has 0 atom stereocenters. The van der Waals surface area contributed by atoms with Gasteiger partial charge in [0, 0.05) is 11.5 Å². The van der Waals surface area contributed by atoms with Gasteiger partial charge in [0.15, 0.2) is 0 Å². The van der Waals surface area contributed by atoms with E-state index in [4.69, 9.17) is 10.2 Å². The summed E-state index contributed by atoms with van der Waals surface area (Å²) in [6.45, 7) is 0.199. The Balaban J connectivity index is 2.49. The van der Waals surface area contributed by atoms with Gasteiger partial charge in [-0.2, -0.15) is 0 Å². The van der Waals surface area contributed by atoms with Crippen LogP contribution >= 0.6 is 11.8 Å². The van der Waals surface area contributed by atoms with Crippen LogP contribution in [-0.4, -0.2) is 28.5 Å². The molecule has 1 rings (SSSR count). The first-order valence-corrected chi connectivity index (χ1v) is 6.40. The van der Waals surface area contributed by atoms with Crippen molar-refractivity contribution < 1.29 is 19.4 Å². The summed E-state index contributed by atoms with van der Waals surface area (Å²) < 4.78 is 13.1. The third kappa shape index (κ3) is 4.75. The quantitative estimate of drug-likeness (QED) is 0.583. The van der Waals surface area contributed by atoms with Crippen LogP contribution in [0.4, 0.5) is 4.39 Å². The van der Waals surface area contributed by atoms with E-state index in [-0.39, 0.29) is 12.2 Å². The van der Waals surface area contributed by atoms with Crippen molar-refractivity contribution in [1.29, 1.82) is 0 Å². The molecule has 2 N–H and O–H groups in total. The molecule has 5 heteroatoms. The van der Waals surface area contributed by atoms with Gasteiger partial charge in [-0.15, -0.1) is 11.8 Å². The second-order valence-electron chi connectivity index (χ2n) is 3.58. The zero-order valence-corrected chi connectivity index (χ0v) is 10.2. The molecule has 0 amide bonds. The van der Waals surface area contributed by atoms with Crippen LogP contribution in [0.2, 0.25) is 0 Å². The zero-order chi connectivity index (χ0) is 12.7. The Labute approximate surface area is 104 Å². The summed E-state index contributed by atoms with van der Waals surface area (Å²) in [7, 11) is 0. The molecular weight excluding hydrogens is 243 g/mol. The van der Waals surface area contributed by atoms with Gasteiger partial charge in [-0.05, 0) is 36.8 Å². The minimum atomic E-state index is -1.25. The first-order valence-electron chi connectivity index (χ1n) is 5.41. The van der Waals surface area contributed by atoms with Crippen molar-refractivity contribution in [2.24, 2.45) is 0 Å². The number of benzene rings is 1. The second-order valence-corrected chi connectivity index (χ2v) is 4.75. The van der Waals surface area contributed by atoms with Crippen molar-refractivity contribution >= 4 is 17.7 Å². The summed E-state index contributed by atoms with van der Waals surface area (Å²) in [6.07, 6.45) is 2.67. The molecule has 0 fully saturated rings. The summed E-state index contributed by atoms with van der Waals surface area (Å²) in [5, 5.41) is 17.4. The van der Waals surface area contributed by atoms with Gasteiger partial charge in [-0.1, -0.05) is 6.42 Å². The summed E-state index contributed by atoms with van der Waals surface area (Å²) in [5.74, 6) is -1.11. The largest absolute Gasteiger partial charge is 0.478 e. The lowest BCUT2D eigenvalue weighted by molar-refractivity contribution is 0.0691. The van der Waals surface area contributed by atoms with Crippen molar-refractivity contribution in [1.82, 2.24) is 0 Å². The van der Waals surface area contributed by atoms with E-state index >= 15 is 0 Å². The Bertz CT molecular complexity index is 382. The predicted octanol–water partition coefficient (Wildman–Crippen LogP) is 2.78. The Morgan fingerprint density at radius 3 is 2.71 bits per heavy atom. The van der Waals surface area contributed by atoms with Crippen molar-refractivity contribution in [3.8, 4) is 0 Å². The molecule has 0 aliphatic rings. The molecule has 1 aromatic rings. The number of unbranched alkanes of at least 4 members (excludes halogenated alkanes) is 2. The molecule has 0 aliphatic heterocycles. The fourth-order valence-electron chi connectivity index (χ4n) is 1.34. The fourth-order valence-corrected chi connectivity index (χ4v) is 2.29. The van der Waals surface area contributed by atoms with Crippen LogP contribution in [0, 0.1) is 5.82 Å². The van der Waals surface area contributed by atoms with E-state index in [9.17, 15) is 9.18 Å². The summed E-state index contributed by atoms with van der Waals surface area (Å²) in [5.41, 5.74) is -0.287. The number of aliphatic hydroxyl groups excluding tert-OH is 1. The van der Waals surface area contributed by atoms with E-state index in [1.165, 1.54) is 23.9 Å². The molecule has 1 aromatic carbocycles. The van der Waals surface area contributed by atoms with E-state index in [1.807, 2.05) is 0 Å². The molecule has 0 bridgehead atoms. The van der Waals surface area contributed by atoms with Gasteiger partial charge >= 0.3 is 5.97 Å². The topological polar surface area (TPSA) is 57.5 Å². The molecule has 0 aromatic heterocycles. The predicted molar refractivity (Wildman–Crippen MR) is 65.0 cm³/mol. The molecular formula is C12H15FO3S. The number of carbonyl (C=O) groups is 1. The average Bonchev–Trinajstić information content (AvgIpc) is 2.30. The molecule has 0 aliphatic carbocycles. The van der Waals surface area contributed by atoms with Gasteiger partial charge in [0.2, 0.25) is 0 Å². The average molecular weight is 258 g/mol. The van der Waals surface area contributed by atoms with Crippen LogP contribution in [0.1, 0.15) is 29.6 Å². The van der Waals surface area contributed by atoms with Crippen LogP contribution in [0.25, 0.3) is 0 Å². The zero-order valence-electron chi connectivity index (χ0n) is 9.36. The van der Waals surface area contributed by atoms with Gasteiger partial charge in [-0.3, -0.25) is 0 Å². The minimum absolute atomic E-state index is 0.199. The van der Waals surface area contributed by atoms with Crippen LogP contribution in [0.15, 0.2) is 23.1 Å². The van der Waals surface area contributed by atoms with E-state index in [1.54, 1.807) is 6.07 Å². The molecule has 0 saturated carbocycles. The molecule has 3 nitrogen and oxygen atoms in total. The van der Waals surface area contributed by atoms with Gasteiger partial charge in [0.25, 0.3) is 0 Å². The summed E-state index contributed by atoms with van der Waals surface area (Å²) >= 11 is 1.50. The highest BCUT2D eigenvalue weighted by atomic mass is 32.2. The SMILES string of the molecule is O=C(O)c1cc(SCCCCCO)ccc1F. The first-order chi connectivity index (χ1) is 8.15. The number of aromatic carboxylic acids is 1. The maximum Gasteiger partial charge on any atom is 0.338 e. The van der Waals surface area contributed by atoms with E-state index in [2.05, 4.69) is 0 Å². The highest BCUT2D eigenvalue weighted by Crippen LogP contribution is 2.22. The van der Waals surface area contributed by atoms with Gasteiger partial charge in [-0.25, -0.2) is 9.18 Å². The highest BCUT2D eigenvalue weighted by Gasteiger charge is 2.10. The number of carboxylic acids is 1. The standard InChI is InChI=1S/C12H15FO3S/c13-11-5-4-9(8-10(11)12(15)16)17-7-3-1-2-6-14/h4-5,8,14H,1-3,6-7H2,(H,15,16). The lowest BCUT2D eigenvalue weighted by atomic mass is 10.2. The van der Waals surface area contributed by atoms with Gasteiger partial charge in [0.1, 0.15) is 5.82 Å². The second kappa shape index (κ2) is 7.29. The number of carboxylic acid groups (broad SMARTS) is 1. The third-order valence-electron chi connectivity index (χ3n) is 2.24. The number of halogens is 1. The normalized spacial score (nSPS) is 10.5. The van der Waals surface area contributed by atoms with E-state index in [0.29, 0.717) is 0 Å². The number of aliphatic hydroxyl groups is 1. The molecule has 0 spiro atoms. The number of thioether (sulfide) groups is 1. The van der Waals surface area contributed by atoms with Crippen LogP contribution in [0.3, 0.4) is 0 Å². The molecule has 94 valence electrons. The molecule has 0 saturated heterocycles. The van der Waals surface area contributed by atoms with Crippen LogP contribution in [0.5, 0.6) is 0 Å². The highest BCUT2D eigenvalue weighted by molar-refractivity contribution is 7.99. The van der Waals surface area contributed by atoms with Gasteiger partial charge in [0.05, 0.1) is 5.56 Å². The third-order valence-corrected chi connectivity index (χ3v) is 3.32. The van der Waals surface area contributed by atoms with Crippen molar-refractivity contribution in [2.75, 3.05) is 12.4 Å². The number of hydrogen-bond acceptors (Lipinski definition) is 3. The maximum absolute atomic E-state index is 13.1. The van der Waals surface area contributed by atoms with E-state index in [0.717, 1.165) is 29.9 Å². The smallest absolute Gasteiger partial charge is 0.338 e. The Morgan fingerprint density at radius 1 is 1.29 bits per heavy atom. The molecule has 0 unspecified atom stereocenters.